The van der Waals surface area contributed by atoms with Gasteiger partial charge in [-0.3, -0.25) is 0 Å². The van der Waals surface area contributed by atoms with Crippen LogP contribution in [0.3, 0.4) is 0 Å². The van der Waals surface area contributed by atoms with Crippen molar-refractivity contribution in [2.45, 2.75) is 12.8 Å². The molecule has 23 heavy (non-hydrogen) atoms. The van der Waals surface area contributed by atoms with E-state index >= 15 is 0 Å². The SMILES string of the molecule is CCN(CCO)C(=O)OCC1c2ccccc2-c2ccccc21. The Bertz CT molecular complexity index is 653. The number of hydrogen-bond acceptors (Lipinski definition) is 3. The molecule has 0 heterocycles. The van der Waals surface area contributed by atoms with Gasteiger partial charge in [0.1, 0.15) is 6.61 Å². The number of carbonyl (C=O) groups excluding carboxylic acids is 1. The maximum atomic E-state index is 12.1. The van der Waals surface area contributed by atoms with Gasteiger partial charge in [0.2, 0.25) is 0 Å². The summed E-state index contributed by atoms with van der Waals surface area (Å²) in [4.78, 5) is 13.6. The molecule has 1 aliphatic rings. The van der Waals surface area contributed by atoms with Gasteiger partial charge in [-0.15, -0.1) is 0 Å². The van der Waals surface area contributed by atoms with Crippen LogP contribution in [0.5, 0.6) is 0 Å². The van der Waals surface area contributed by atoms with E-state index in [1.807, 2.05) is 31.2 Å². The molecule has 1 N–H and O–H groups in total. The molecule has 0 aromatic heterocycles. The molecule has 120 valence electrons. The lowest BCUT2D eigenvalue weighted by Crippen LogP contribution is -2.34. The number of hydrogen-bond donors (Lipinski definition) is 1. The molecule has 2 aromatic carbocycles. The second-order valence-corrected chi connectivity index (χ2v) is 5.61. The molecule has 0 saturated carbocycles. The van der Waals surface area contributed by atoms with Gasteiger partial charge < -0.3 is 14.7 Å². The minimum atomic E-state index is -0.372. The Morgan fingerprint density at radius 2 is 1.65 bits per heavy atom. The van der Waals surface area contributed by atoms with Crippen LogP contribution in [0.2, 0.25) is 0 Å². The zero-order valence-electron chi connectivity index (χ0n) is 13.2. The van der Waals surface area contributed by atoms with Crippen molar-refractivity contribution in [1.29, 1.82) is 0 Å². The van der Waals surface area contributed by atoms with Gasteiger partial charge in [-0.05, 0) is 29.2 Å². The lowest BCUT2D eigenvalue weighted by atomic mass is 9.98. The van der Waals surface area contributed by atoms with Gasteiger partial charge in [-0.1, -0.05) is 48.5 Å². The van der Waals surface area contributed by atoms with Gasteiger partial charge in [0.25, 0.3) is 0 Å². The first kappa shape index (κ1) is 15.6. The minimum Gasteiger partial charge on any atom is -0.448 e. The van der Waals surface area contributed by atoms with Gasteiger partial charge in [-0.25, -0.2) is 4.79 Å². The van der Waals surface area contributed by atoms with Gasteiger partial charge in [0, 0.05) is 19.0 Å². The Morgan fingerprint density at radius 1 is 1.09 bits per heavy atom. The fourth-order valence-corrected chi connectivity index (χ4v) is 3.18. The van der Waals surface area contributed by atoms with Gasteiger partial charge in [0.15, 0.2) is 0 Å². The van der Waals surface area contributed by atoms with E-state index in [-0.39, 0.29) is 18.6 Å². The summed E-state index contributed by atoms with van der Waals surface area (Å²) >= 11 is 0. The van der Waals surface area contributed by atoms with E-state index in [0.717, 1.165) is 0 Å². The zero-order valence-corrected chi connectivity index (χ0v) is 13.2. The number of benzene rings is 2. The first-order valence-corrected chi connectivity index (χ1v) is 7.97. The summed E-state index contributed by atoms with van der Waals surface area (Å²) in [5, 5.41) is 9.01. The van der Waals surface area contributed by atoms with E-state index in [0.29, 0.717) is 19.7 Å². The summed E-state index contributed by atoms with van der Waals surface area (Å²) in [7, 11) is 0. The molecule has 4 heteroatoms. The first-order chi connectivity index (χ1) is 11.3. The molecule has 0 radical (unpaired) electrons. The molecule has 2 aromatic rings. The van der Waals surface area contributed by atoms with Crippen LogP contribution in [0.25, 0.3) is 11.1 Å². The average molecular weight is 311 g/mol. The van der Waals surface area contributed by atoms with Crippen molar-refractivity contribution < 1.29 is 14.6 Å². The second-order valence-electron chi connectivity index (χ2n) is 5.61. The van der Waals surface area contributed by atoms with E-state index in [1.54, 1.807) is 0 Å². The smallest absolute Gasteiger partial charge is 0.409 e. The predicted molar refractivity (Wildman–Crippen MR) is 89.4 cm³/mol. The number of amides is 1. The van der Waals surface area contributed by atoms with Gasteiger partial charge in [0.05, 0.1) is 6.61 Å². The second kappa shape index (κ2) is 6.84. The van der Waals surface area contributed by atoms with Crippen LogP contribution in [0.15, 0.2) is 48.5 Å². The van der Waals surface area contributed by atoms with Crippen LogP contribution >= 0.6 is 0 Å². The molecule has 1 aliphatic carbocycles. The third-order valence-corrected chi connectivity index (χ3v) is 4.35. The number of fused-ring (bicyclic) bond motifs is 3. The number of carbonyl (C=O) groups is 1. The Labute approximate surface area is 136 Å². The minimum absolute atomic E-state index is 0.0575. The fraction of sp³-hybridized carbons (Fsp3) is 0.316. The Kier molecular flexibility index (Phi) is 4.63. The van der Waals surface area contributed by atoms with Crippen molar-refractivity contribution in [2.75, 3.05) is 26.3 Å². The van der Waals surface area contributed by atoms with Gasteiger partial charge in [-0.2, -0.15) is 0 Å². The highest BCUT2D eigenvalue weighted by Gasteiger charge is 2.29. The summed E-state index contributed by atoms with van der Waals surface area (Å²) in [6, 6.07) is 16.5. The first-order valence-electron chi connectivity index (χ1n) is 7.97. The number of aliphatic hydroxyl groups is 1. The molecule has 0 unspecified atom stereocenters. The molecule has 3 rings (SSSR count). The number of ether oxygens (including phenoxy) is 1. The summed E-state index contributed by atoms with van der Waals surface area (Å²) < 4.78 is 5.52. The van der Waals surface area contributed by atoms with Crippen LogP contribution in [-0.2, 0) is 4.74 Å². The molecule has 4 nitrogen and oxygen atoms in total. The Balaban J connectivity index is 1.79. The third-order valence-electron chi connectivity index (χ3n) is 4.35. The highest BCUT2D eigenvalue weighted by molar-refractivity contribution is 5.79. The van der Waals surface area contributed by atoms with Crippen molar-refractivity contribution in [3.05, 3.63) is 59.7 Å². The standard InChI is InChI=1S/C19H21NO3/c1-2-20(11-12-21)19(22)23-13-18-16-9-5-3-7-14(16)15-8-4-6-10-17(15)18/h3-10,18,21H,2,11-13H2,1H3. The maximum absolute atomic E-state index is 12.1. The molecule has 0 spiro atoms. The van der Waals surface area contributed by atoms with E-state index in [4.69, 9.17) is 9.84 Å². The average Bonchev–Trinajstić information content (AvgIpc) is 2.91. The predicted octanol–water partition coefficient (Wildman–Crippen LogP) is 3.25. The maximum Gasteiger partial charge on any atom is 0.409 e. The largest absolute Gasteiger partial charge is 0.448 e. The molecule has 1 amide bonds. The summed E-state index contributed by atoms with van der Waals surface area (Å²) in [6.07, 6.45) is -0.372. The number of aliphatic hydroxyl groups excluding tert-OH is 1. The van der Waals surface area contributed by atoms with Crippen molar-refractivity contribution in [3.63, 3.8) is 0 Å². The number of nitrogens with zero attached hydrogens (tertiary/aromatic N) is 1. The quantitative estimate of drug-likeness (QED) is 0.922. The van der Waals surface area contributed by atoms with E-state index in [9.17, 15) is 4.79 Å². The molecule has 0 aliphatic heterocycles. The third kappa shape index (κ3) is 2.94. The van der Waals surface area contributed by atoms with Crippen LogP contribution in [-0.4, -0.2) is 42.4 Å². The molecule has 0 saturated heterocycles. The zero-order chi connectivity index (χ0) is 16.2. The van der Waals surface area contributed by atoms with Crippen LogP contribution in [0.4, 0.5) is 4.79 Å². The number of rotatable bonds is 5. The fourth-order valence-electron chi connectivity index (χ4n) is 3.18. The monoisotopic (exact) mass is 311 g/mol. The summed E-state index contributed by atoms with van der Waals surface area (Å²) in [6.45, 7) is 2.95. The van der Waals surface area contributed by atoms with Crippen molar-refractivity contribution in [2.24, 2.45) is 0 Å². The summed E-state index contributed by atoms with van der Waals surface area (Å²) in [5.41, 5.74) is 4.83. The Morgan fingerprint density at radius 3 is 2.17 bits per heavy atom. The lowest BCUT2D eigenvalue weighted by Gasteiger charge is -2.21. The lowest BCUT2D eigenvalue weighted by molar-refractivity contribution is 0.0939. The highest BCUT2D eigenvalue weighted by Crippen LogP contribution is 2.44. The van der Waals surface area contributed by atoms with Crippen molar-refractivity contribution in [3.8, 4) is 11.1 Å². The van der Waals surface area contributed by atoms with Crippen molar-refractivity contribution in [1.82, 2.24) is 4.90 Å². The van der Waals surface area contributed by atoms with E-state index < -0.39 is 0 Å². The molecule has 0 fully saturated rings. The van der Waals surface area contributed by atoms with E-state index in [1.165, 1.54) is 27.2 Å². The number of likely N-dealkylation sites (N-methyl/N-ethyl adjacent to an activating group) is 1. The topological polar surface area (TPSA) is 49.8 Å². The van der Waals surface area contributed by atoms with Crippen molar-refractivity contribution >= 4 is 6.09 Å². The highest BCUT2D eigenvalue weighted by atomic mass is 16.6. The van der Waals surface area contributed by atoms with Crippen LogP contribution in [0, 0.1) is 0 Å². The van der Waals surface area contributed by atoms with E-state index in [2.05, 4.69) is 24.3 Å². The summed E-state index contributed by atoms with van der Waals surface area (Å²) in [5.74, 6) is 0.0687. The molecule has 0 atom stereocenters. The molecular formula is C19H21NO3. The molecular weight excluding hydrogens is 290 g/mol. The van der Waals surface area contributed by atoms with Gasteiger partial charge >= 0.3 is 6.09 Å². The Hall–Kier alpha value is -2.33. The molecule has 0 bridgehead atoms. The van der Waals surface area contributed by atoms with Crippen LogP contribution in [0.1, 0.15) is 24.0 Å². The normalized spacial score (nSPS) is 12.6. The van der Waals surface area contributed by atoms with Crippen LogP contribution < -0.4 is 0 Å².